The molecular formula is C36H56O7Si. The van der Waals surface area contributed by atoms with E-state index in [1.165, 1.54) is 11.6 Å². The summed E-state index contributed by atoms with van der Waals surface area (Å²) in [5.74, 6) is -0.0267. The van der Waals surface area contributed by atoms with Crippen molar-refractivity contribution in [3.63, 3.8) is 0 Å². The van der Waals surface area contributed by atoms with E-state index >= 15 is 0 Å². The highest BCUT2D eigenvalue weighted by atomic mass is 28.4. The molecule has 4 rings (SSSR count). The maximum atomic E-state index is 13.3. The number of epoxide rings is 1. The van der Waals surface area contributed by atoms with E-state index in [1.807, 2.05) is 12.2 Å². The monoisotopic (exact) mass is 628 g/mol. The van der Waals surface area contributed by atoms with Crippen LogP contribution in [-0.4, -0.2) is 74.8 Å². The molecule has 0 amide bonds. The lowest BCUT2D eigenvalue weighted by Gasteiger charge is -2.40. The molecule has 0 aliphatic carbocycles. The number of hydrogen-bond donors (Lipinski definition) is 1. The highest BCUT2D eigenvalue weighted by Crippen LogP contribution is 2.40. The number of aliphatic hydroxyl groups is 1. The van der Waals surface area contributed by atoms with Gasteiger partial charge in [0.2, 0.25) is 0 Å². The molecule has 0 aromatic rings. The smallest absolute Gasteiger partial charge is 0.330 e. The molecule has 2 bridgehead atoms. The van der Waals surface area contributed by atoms with E-state index in [2.05, 4.69) is 78.6 Å². The number of esters is 1. The van der Waals surface area contributed by atoms with Gasteiger partial charge in [-0.15, -0.1) is 0 Å². The number of carbonyl (C=O) groups is 1. The summed E-state index contributed by atoms with van der Waals surface area (Å²) in [4.78, 5) is 13.3. The lowest BCUT2D eigenvalue weighted by molar-refractivity contribution is -0.147. The van der Waals surface area contributed by atoms with Gasteiger partial charge in [0.1, 0.15) is 18.3 Å². The lowest BCUT2D eigenvalue weighted by atomic mass is 9.91. The van der Waals surface area contributed by atoms with E-state index in [0.29, 0.717) is 31.8 Å². The fraction of sp³-hybridized carbons (Fsp3) is 0.694. The molecule has 44 heavy (non-hydrogen) atoms. The Morgan fingerprint density at radius 2 is 1.89 bits per heavy atom. The largest absolute Gasteiger partial charge is 0.456 e. The van der Waals surface area contributed by atoms with Gasteiger partial charge in [0, 0.05) is 12.5 Å². The first kappa shape index (κ1) is 35.0. The van der Waals surface area contributed by atoms with Crippen molar-refractivity contribution >= 4 is 14.3 Å². The van der Waals surface area contributed by atoms with Crippen LogP contribution >= 0.6 is 0 Å². The molecule has 246 valence electrons. The number of rotatable bonds is 5. The Hall–Kier alpha value is -1.81. The number of cyclic esters (lactones) is 1. The summed E-state index contributed by atoms with van der Waals surface area (Å²) in [5.41, 5.74) is 2.32. The Morgan fingerprint density at radius 1 is 1.11 bits per heavy atom. The predicted octanol–water partition coefficient (Wildman–Crippen LogP) is 7.13. The first-order valence-electron chi connectivity index (χ1n) is 16.5. The summed E-state index contributed by atoms with van der Waals surface area (Å²) < 4.78 is 31.4. The zero-order valence-corrected chi connectivity index (χ0v) is 29.0. The van der Waals surface area contributed by atoms with Crippen molar-refractivity contribution < 1.29 is 33.3 Å². The number of ether oxygens (including phenoxy) is 4. The van der Waals surface area contributed by atoms with Crippen LogP contribution < -0.4 is 0 Å². The maximum absolute atomic E-state index is 13.3. The van der Waals surface area contributed by atoms with Gasteiger partial charge in [0.05, 0.1) is 37.1 Å². The Morgan fingerprint density at radius 3 is 2.61 bits per heavy atom. The van der Waals surface area contributed by atoms with Crippen LogP contribution in [0, 0.1) is 5.92 Å². The van der Waals surface area contributed by atoms with E-state index in [0.717, 1.165) is 31.3 Å². The van der Waals surface area contributed by atoms with Crippen LogP contribution in [0.1, 0.15) is 79.6 Å². The lowest BCUT2D eigenvalue weighted by Crippen LogP contribution is -2.47. The van der Waals surface area contributed by atoms with Crippen LogP contribution in [0.15, 0.2) is 60.3 Å². The van der Waals surface area contributed by atoms with Gasteiger partial charge in [-0.3, -0.25) is 0 Å². The third-order valence-electron chi connectivity index (χ3n) is 9.66. The van der Waals surface area contributed by atoms with E-state index < -0.39 is 32.6 Å². The minimum atomic E-state index is -2.27. The molecular weight excluding hydrogens is 572 g/mol. The van der Waals surface area contributed by atoms with Crippen molar-refractivity contribution in [3.05, 3.63) is 60.3 Å². The summed E-state index contributed by atoms with van der Waals surface area (Å²) in [6, 6.07) is 0. The van der Waals surface area contributed by atoms with Crippen molar-refractivity contribution in [1.29, 1.82) is 0 Å². The zero-order chi connectivity index (χ0) is 32.1. The molecule has 0 aromatic heterocycles. The van der Waals surface area contributed by atoms with E-state index in [-0.39, 0.29) is 35.6 Å². The van der Waals surface area contributed by atoms with Crippen LogP contribution in [0.2, 0.25) is 18.1 Å². The van der Waals surface area contributed by atoms with Gasteiger partial charge in [-0.25, -0.2) is 4.79 Å². The molecule has 8 heteroatoms. The summed E-state index contributed by atoms with van der Waals surface area (Å²) >= 11 is 0. The van der Waals surface area contributed by atoms with E-state index in [1.54, 1.807) is 0 Å². The van der Waals surface area contributed by atoms with Gasteiger partial charge in [-0.2, -0.15) is 0 Å². The van der Waals surface area contributed by atoms with Gasteiger partial charge in [0.15, 0.2) is 8.32 Å². The Labute approximate surface area is 266 Å². The Balaban J connectivity index is 1.59. The second kappa shape index (κ2) is 15.2. The zero-order valence-electron chi connectivity index (χ0n) is 28.0. The standard InChI is InChI=1S/C36H56O7Si/c1-24-17-18-39-28(20-24)15-16-31(43-44(7,8)36(4,5)6)32-23-33-35(42-33)30(37)22-26(3)19-25(2)21-29-13-9-11-27(40-29)12-10-14-34(38)41-32/h9-11,14-17,25,27-33,35,37H,3,12-13,18-23H2,1-2,4-8H3/t25-,27-,28+,29-,30+,31?,32-,33+,35+/m0/s1. The number of hydrogen-bond acceptors (Lipinski definition) is 7. The molecule has 9 atom stereocenters. The predicted molar refractivity (Wildman–Crippen MR) is 177 cm³/mol. The number of carbonyl (C=O) groups excluding carboxylic acids is 1. The van der Waals surface area contributed by atoms with Crippen molar-refractivity contribution in [2.45, 2.75) is 147 Å². The van der Waals surface area contributed by atoms with E-state index in [4.69, 9.17) is 23.4 Å². The molecule has 1 saturated heterocycles. The first-order chi connectivity index (χ1) is 20.7. The molecule has 0 radical (unpaired) electrons. The minimum absolute atomic E-state index is 0.0448. The number of aliphatic hydroxyl groups excluding tert-OH is 1. The SMILES string of the molecule is C=C1C[C@H](C)C[C@@H]2CC=C[C@@H](CC=CC(=O)O[C@H](C(C=C[C@@H]3CC(C)=CCO3)O[Si](C)(C)C(C)(C)C)C[C@H]3O[C@@H]3[C@H](O)C1)O2. The third kappa shape index (κ3) is 10.4. The van der Waals surface area contributed by atoms with Crippen molar-refractivity contribution in [1.82, 2.24) is 0 Å². The number of fused-ring (bicyclic) bond motifs is 3. The van der Waals surface area contributed by atoms with Gasteiger partial charge in [0.25, 0.3) is 0 Å². The topological polar surface area (TPSA) is 86.8 Å². The van der Waals surface area contributed by atoms with Crippen molar-refractivity contribution in [2.75, 3.05) is 6.61 Å². The van der Waals surface area contributed by atoms with Crippen LogP contribution in [0.4, 0.5) is 0 Å². The van der Waals surface area contributed by atoms with Gasteiger partial charge < -0.3 is 28.5 Å². The quantitative estimate of drug-likeness (QED) is 0.150. The second-order valence-electron chi connectivity index (χ2n) is 14.9. The van der Waals surface area contributed by atoms with Crippen LogP contribution in [0.3, 0.4) is 0 Å². The fourth-order valence-electron chi connectivity index (χ4n) is 6.07. The fourth-order valence-corrected chi connectivity index (χ4v) is 7.34. The molecule has 4 heterocycles. The third-order valence-corrected chi connectivity index (χ3v) is 14.1. The minimum Gasteiger partial charge on any atom is -0.456 e. The van der Waals surface area contributed by atoms with Crippen LogP contribution in [0.25, 0.3) is 0 Å². The Kier molecular flexibility index (Phi) is 12.1. The summed E-state index contributed by atoms with van der Waals surface area (Å²) in [7, 11) is -2.27. The average molecular weight is 629 g/mol. The Bertz CT molecular complexity index is 1120. The first-order valence-corrected chi connectivity index (χ1v) is 19.4. The molecule has 0 aromatic carbocycles. The van der Waals surface area contributed by atoms with Crippen molar-refractivity contribution in [2.24, 2.45) is 5.92 Å². The molecule has 0 saturated carbocycles. The van der Waals surface area contributed by atoms with Crippen LogP contribution in [-0.2, 0) is 28.2 Å². The van der Waals surface area contributed by atoms with E-state index in [9.17, 15) is 9.90 Å². The molecule has 7 nitrogen and oxygen atoms in total. The molecule has 4 aliphatic heterocycles. The summed E-state index contributed by atoms with van der Waals surface area (Å²) in [6.07, 6.45) is 16.5. The molecule has 0 spiro atoms. The summed E-state index contributed by atoms with van der Waals surface area (Å²) in [5, 5.41) is 11.0. The van der Waals surface area contributed by atoms with Crippen molar-refractivity contribution in [3.8, 4) is 0 Å². The van der Waals surface area contributed by atoms with Gasteiger partial charge in [-0.05, 0) is 69.5 Å². The highest BCUT2D eigenvalue weighted by molar-refractivity contribution is 6.74. The second-order valence-corrected chi connectivity index (χ2v) is 19.6. The summed E-state index contributed by atoms with van der Waals surface area (Å²) in [6.45, 7) is 20.2. The molecule has 4 aliphatic rings. The molecule has 1 N–H and O–H groups in total. The van der Waals surface area contributed by atoms with Crippen LogP contribution in [0.5, 0.6) is 0 Å². The molecule has 1 unspecified atom stereocenters. The maximum Gasteiger partial charge on any atom is 0.330 e. The average Bonchev–Trinajstić information content (AvgIpc) is 3.69. The van der Waals surface area contributed by atoms with Gasteiger partial charge in [-0.1, -0.05) is 81.9 Å². The van der Waals surface area contributed by atoms with Gasteiger partial charge >= 0.3 is 5.97 Å². The normalized spacial score (nSPS) is 35.3. The molecule has 1 fully saturated rings. The highest BCUT2D eigenvalue weighted by Gasteiger charge is 2.48.